The molecule has 0 radical (unpaired) electrons. The molecule has 0 aromatic heterocycles. The quantitative estimate of drug-likeness (QED) is 0.137. The summed E-state index contributed by atoms with van der Waals surface area (Å²) in [6.07, 6.45) is 24.9. The Hall–Kier alpha value is -1.21. The van der Waals surface area contributed by atoms with E-state index in [4.69, 9.17) is 14.2 Å². The lowest BCUT2D eigenvalue weighted by molar-refractivity contribution is -0.285. The number of carbonyl (C=O) groups is 1. The summed E-state index contributed by atoms with van der Waals surface area (Å²) in [6, 6.07) is 0. The average Bonchev–Trinajstić information content (AvgIpc) is 3.16. The molecule has 3 heterocycles. The molecule has 36 heavy (non-hydrogen) atoms. The fourth-order valence-corrected chi connectivity index (χ4v) is 5.86. The fraction of sp³-hybridized carbons (Fsp3) is 0.833. The normalized spacial score (nSPS) is 30.7. The van der Waals surface area contributed by atoms with Crippen molar-refractivity contribution in [2.24, 2.45) is 0 Å². The Balaban J connectivity index is 1.19. The van der Waals surface area contributed by atoms with Crippen LogP contribution in [0.1, 0.15) is 122 Å². The monoisotopic (exact) mass is 506 g/mol. The van der Waals surface area contributed by atoms with Crippen LogP contribution in [-0.2, 0) is 19.0 Å². The van der Waals surface area contributed by atoms with Gasteiger partial charge in [0, 0.05) is 18.9 Å². The number of rotatable bonds is 17. The number of fused-ring (bicyclic) bond motifs is 1. The molecule has 2 fully saturated rings. The number of carbonyl (C=O) groups excluding carboxylic acids is 1. The van der Waals surface area contributed by atoms with Crippen molar-refractivity contribution >= 4 is 5.97 Å². The first-order valence-electron chi connectivity index (χ1n) is 14.8. The Morgan fingerprint density at radius 2 is 1.64 bits per heavy atom. The summed E-state index contributed by atoms with van der Waals surface area (Å²) in [5.74, 6) is -1.29. The van der Waals surface area contributed by atoms with E-state index in [2.05, 4.69) is 19.1 Å². The molecule has 0 unspecified atom stereocenters. The van der Waals surface area contributed by atoms with Crippen molar-refractivity contribution in [2.45, 2.75) is 159 Å². The van der Waals surface area contributed by atoms with E-state index in [0.29, 0.717) is 25.7 Å². The predicted octanol–water partition coefficient (Wildman–Crippen LogP) is 6.28. The molecule has 0 aliphatic carbocycles. The van der Waals surface area contributed by atoms with Gasteiger partial charge in [-0.25, -0.2) is 4.79 Å². The number of esters is 1. The van der Waals surface area contributed by atoms with E-state index in [1.807, 2.05) is 0 Å². The number of allylic oxidation sites excluding steroid dienone is 2. The Morgan fingerprint density at radius 1 is 0.972 bits per heavy atom. The zero-order valence-electron chi connectivity index (χ0n) is 22.5. The molecule has 0 amide bonds. The molecule has 6 nitrogen and oxygen atoms in total. The number of aliphatic hydroxyl groups is 2. The van der Waals surface area contributed by atoms with E-state index in [9.17, 15) is 15.0 Å². The predicted molar refractivity (Wildman–Crippen MR) is 141 cm³/mol. The number of ether oxygens (including phenoxy) is 3. The van der Waals surface area contributed by atoms with Crippen molar-refractivity contribution in [2.75, 3.05) is 0 Å². The van der Waals surface area contributed by atoms with Crippen molar-refractivity contribution in [3.63, 3.8) is 0 Å². The lowest BCUT2D eigenvalue weighted by atomic mass is 9.92. The minimum absolute atomic E-state index is 0.253. The molecule has 1 spiro atoms. The van der Waals surface area contributed by atoms with Gasteiger partial charge in [-0.05, 0) is 44.6 Å². The molecule has 6 heteroatoms. The second kappa shape index (κ2) is 15.9. The van der Waals surface area contributed by atoms with E-state index in [0.717, 1.165) is 25.7 Å². The summed E-state index contributed by atoms with van der Waals surface area (Å²) in [5.41, 5.74) is 0. The zero-order valence-corrected chi connectivity index (χ0v) is 22.5. The molecular formula is C30H50O6. The molecular weight excluding hydrogens is 456 g/mol. The van der Waals surface area contributed by atoms with Gasteiger partial charge in [0.05, 0.1) is 18.3 Å². The highest BCUT2D eigenvalue weighted by Gasteiger charge is 2.53. The maximum absolute atomic E-state index is 11.5. The number of unbranched alkanes of at least 4 members (excludes halogenated alkanes) is 11. The second-order valence-electron chi connectivity index (χ2n) is 11.1. The highest BCUT2D eigenvalue weighted by atomic mass is 16.7. The molecule has 0 saturated carbocycles. The van der Waals surface area contributed by atoms with Crippen LogP contribution in [0.2, 0.25) is 0 Å². The van der Waals surface area contributed by atoms with Gasteiger partial charge in [0.25, 0.3) is 0 Å². The SMILES string of the molecule is CCC=CCCCCCCCCCCCCC[C@H](O)C[C@H]1C[C@H](O)C[C@@]2(C[C@@H]3OC(=O)C=C[C@@H]3O2)O1. The van der Waals surface area contributed by atoms with Gasteiger partial charge in [0.1, 0.15) is 12.2 Å². The molecule has 3 aliphatic rings. The Bertz CT molecular complexity index is 691. The van der Waals surface area contributed by atoms with Crippen molar-refractivity contribution in [3.05, 3.63) is 24.3 Å². The van der Waals surface area contributed by atoms with E-state index < -0.39 is 18.0 Å². The topological polar surface area (TPSA) is 85.2 Å². The van der Waals surface area contributed by atoms with Gasteiger partial charge in [0.2, 0.25) is 0 Å². The van der Waals surface area contributed by atoms with Crippen LogP contribution in [0.25, 0.3) is 0 Å². The van der Waals surface area contributed by atoms with Gasteiger partial charge < -0.3 is 24.4 Å². The fourth-order valence-electron chi connectivity index (χ4n) is 5.86. The van der Waals surface area contributed by atoms with Crippen molar-refractivity contribution in [1.82, 2.24) is 0 Å². The molecule has 206 valence electrons. The van der Waals surface area contributed by atoms with E-state index in [-0.39, 0.29) is 24.3 Å². The van der Waals surface area contributed by atoms with Gasteiger partial charge in [-0.1, -0.05) is 83.3 Å². The Morgan fingerprint density at radius 3 is 2.33 bits per heavy atom. The maximum Gasteiger partial charge on any atom is 0.330 e. The van der Waals surface area contributed by atoms with Crippen molar-refractivity contribution in [1.29, 1.82) is 0 Å². The second-order valence-corrected chi connectivity index (χ2v) is 11.1. The van der Waals surface area contributed by atoms with Crippen LogP contribution in [0.15, 0.2) is 24.3 Å². The first-order chi connectivity index (χ1) is 17.5. The molecule has 3 aliphatic heterocycles. The summed E-state index contributed by atoms with van der Waals surface area (Å²) in [4.78, 5) is 11.5. The average molecular weight is 507 g/mol. The minimum Gasteiger partial charge on any atom is -0.456 e. The Kier molecular flexibility index (Phi) is 13.0. The molecule has 0 bridgehead atoms. The Labute approximate surface area is 218 Å². The zero-order chi connectivity index (χ0) is 25.6. The van der Waals surface area contributed by atoms with Crippen LogP contribution in [0, 0.1) is 0 Å². The number of aliphatic hydroxyl groups excluding tert-OH is 2. The lowest BCUT2D eigenvalue weighted by Gasteiger charge is -2.40. The molecule has 2 N–H and O–H groups in total. The summed E-state index contributed by atoms with van der Waals surface area (Å²) in [7, 11) is 0. The van der Waals surface area contributed by atoms with Crippen molar-refractivity contribution in [3.8, 4) is 0 Å². The van der Waals surface area contributed by atoms with E-state index in [1.165, 1.54) is 70.3 Å². The first-order valence-corrected chi connectivity index (χ1v) is 14.8. The smallest absolute Gasteiger partial charge is 0.330 e. The summed E-state index contributed by atoms with van der Waals surface area (Å²) >= 11 is 0. The van der Waals surface area contributed by atoms with Gasteiger partial charge in [-0.2, -0.15) is 0 Å². The number of hydrogen-bond acceptors (Lipinski definition) is 6. The molecule has 2 saturated heterocycles. The molecule has 0 aromatic carbocycles. The summed E-state index contributed by atoms with van der Waals surface area (Å²) in [6.45, 7) is 2.19. The minimum atomic E-state index is -0.932. The molecule has 0 aromatic rings. The molecule has 3 rings (SSSR count). The van der Waals surface area contributed by atoms with Crippen molar-refractivity contribution < 1.29 is 29.2 Å². The van der Waals surface area contributed by atoms with Crippen LogP contribution >= 0.6 is 0 Å². The molecule has 6 atom stereocenters. The van der Waals surface area contributed by atoms with Gasteiger partial charge in [-0.3, -0.25) is 0 Å². The van der Waals surface area contributed by atoms with Crippen LogP contribution in [-0.4, -0.2) is 52.5 Å². The highest BCUT2D eigenvalue weighted by Crippen LogP contribution is 2.44. The van der Waals surface area contributed by atoms with Gasteiger partial charge >= 0.3 is 5.97 Å². The largest absolute Gasteiger partial charge is 0.456 e. The first kappa shape index (κ1) is 29.3. The third-order valence-electron chi connectivity index (χ3n) is 7.73. The van der Waals surface area contributed by atoms with Crippen LogP contribution in [0.3, 0.4) is 0 Å². The van der Waals surface area contributed by atoms with Crippen LogP contribution in [0.5, 0.6) is 0 Å². The highest BCUT2D eigenvalue weighted by molar-refractivity contribution is 5.83. The van der Waals surface area contributed by atoms with E-state index in [1.54, 1.807) is 6.08 Å². The van der Waals surface area contributed by atoms with Gasteiger partial charge in [0.15, 0.2) is 5.79 Å². The maximum atomic E-state index is 11.5. The summed E-state index contributed by atoms with van der Waals surface area (Å²) in [5, 5.41) is 21.0. The lowest BCUT2D eigenvalue weighted by Crippen LogP contribution is -2.47. The van der Waals surface area contributed by atoms with E-state index >= 15 is 0 Å². The summed E-state index contributed by atoms with van der Waals surface area (Å²) < 4.78 is 17.7. The van der Waals surface area contributed by atoms with Gasteiger partial charge in [-0.15, -0.1) is 0 Å². The number of hydrogen-bond donors (Lipinski definition) is 2. The third-order valence-corrected chi connectivity index (χ3v) is 7.73. The van der Waals surface area contributed by atoms with Crippen LogP contribution < -0.4 is 0 Å². The van der Waals surface area contributed by atoms with Crippen LogP contribution in [0.4, 0.5) is 0 Å². The standard InChI is InChI=1S/C30H50O6/c1-2-3-4-5-6-7-8-9-10-11-12-13-14-15-16-17-24(31)20-26-21-25(32)22-30(35-26)23-28-27(36-30)18-19-29(33)34-28/h3-4,18-19,24-28,31-32H,2,5-17,20-23H2,1H3/t24-,25-,26-,27-,28-,30+/m0/s1. The third kappa shape index (κ3) is 10.3.